The van der Waals surface area contributed by atoms with Gasteiger partial charge in [-0.15, -0.1) is 0 Å². The topological polar surface area (TPSA) is 24.7 Å². The third kappa shape index (κ3) is 1.93. The van der Waals surface area contributed by atoms with Crippen molar-refractivity contribution in [1.29, 1.82) is 0 Å². The summed E-state index contributed by atoms with van der Waals surface area (Å²) < 4.78 is 0. The van der Waals surface area contributed by atoms with Crippen LogP contribution < -0.4 is 0 Å². The smallest absolute Gasteiger partial charge is 0.0405 e. The van der Waals surface area contributed by atoms with E-state index in [9.17, 15) is 0 Å². The lowest BCUT2D eigenvalue weighted by molar-refractivity contribution is 1.07. The predicted octanol–water partition coefficient (Wildman–Crippen LogP) is 2.64. The van der Waals surface area contributed by atoms with Crippen molar-refractivity contribution in [1.82, 2.24) is 0 Å². The zero-order valence-corrected chi connectivity index (χ0v) is 7.88. The SMILES string of the molecule is C/C(=N\N=C(/C)C1CC1)C1CC1. The Morgan fingerprint density at radius 3 is 1.42 bits per heavy atom. The van der Waals surface area contributed by atoms with Gasteiger partial charge in [-0.3, -0.25) is 0 Å². The summed E-state index contributed by atoms with van der Waals surface area (Å²) in [6.07, 6.45) is 5.31. The van der Waals surface area contributed by atoms with E-state index >= 15 is 0 Å². The Labute approximate surface area is 73.8 Å². The third-order valence-corrected chi connectivity index (χ3v) is 2.70. The van der Waals surface area contributed by atoms with Crippen LogP contribution >= 0.6 is 0 Å². The molecule has 0 bridgehead atoms. The first-order chi connectivity index (χ1) is 5.77. The van der Waals surface area contributed by atoms with E-state index in [2.05, 4.69) is 24.1 Å². The minimum atomic E-state index is 0.765. The molecule has 2 heteroatoms. The van der Waals surface area contributed by atoms with Crippen LogP contribution in [0.4, 0.5) is 0 Å². The molecule has 2 fully saturated rings. The van der Waals surface area contributed by atoms with Crippen LogP contribution in [-0.2, 0) is 0 Å². The highest BCUT2D eigenvalue weighted by Crippen LogP contribution is 2.32. The predicted molar refractivity (Wildman–Crippen MR) is 51.7 cm³/mol. The highest BCUT2D eigenvalue weighted by atomic mass is 15.2. The van der Waals surface area contributed by atoms with Crippen LogP contribution in [0.3, 0.4) is 0 Å². The molecule has 0 heterocycles. The Kier molecular flexibility index (Phi) is 1.99. The Morgan fingerprint density at radius 1 is 0.833 bits per heavy atom. The molecule has 2 aliphatic rings. The van der Waals surface area contributed by atoms with Crippen molar-refractivity contribution < 1.29 is 0 Å². The first kappa shape index (κ1) is 7.96. The summed E-state index contributed by atoms with van der Waals surface area (Å²) in [5, 5.41) is 8.50. The molecule has 0 aromatic heterocycles. The maximum Gasteiger partial charge on any atom is 0.0405 e. The monoisotopic (exact) mass is 164 g/mol. The molecule has 2 saturated carbocycles. The molecule has 0 saturated heterocycles. The van der Waals surface area contributed by atoms with Crippen LogP contribution in [0.2, 0.25) is 0 Å². The molecule has 0 unspecified atom stereocenters. The van der Waals surface area contributed by atoms with Gasteiger partial charge in [0.1, 0.15) is 0 Å². The van der Waals surface area contributed by atoms with E-state index in [0.29, 0.717) is 0 Å². The number of nitrogens with zero attached hydrogens (tertiary/aromatic N) is 2. The average Bonchev–Trinajstić information content (AvgIpc) is 2.91. The van der Waals surface area contributed by atoms with Gasteiger partial charge in [0, 0.05) is 11.4 Å². The van der Waals surface area contributed by atoms with E-state index in [1.807, 2.05) is 0 Å². The van der Waals surface area contributed by atoms with Gasteiger partial charge in [-0.05, 0) is 51.4 Å². The zero-order valence-electron chi connectivity index (χ0n) is 7.88. The van der Waals surface area contributed by atoms with Gasteiger partial charge >= 0.3 is 0 Å². The highest BCUT2D eigenvalue weighted by molar-refractivity contribution is 5.89. The van der Waals surface area contributed by atoms with Crippen molar-refractivity contribution >= 4 is 11.4 Å². The molecular formula is C10H16N2. The fraction of sp³-hybridized carbons (Fsp3) is 0.800. The molecule has 0 aliphatic heterocycles. The van der Waals surface area contributed by atoms with Crippen molar-refractivity contribution in [2.75, 3.05) is 0 Å². The number of hydrogen-bond donors (Lipinski definition) is 0. The molecule has 0 N–H and O–H groups in total. The minimum absolute atomic E-state index is 0.765. The Morgan fingerprint density at radius 2 is 1.17 bits per heavy atom. The second-order valence-electron chi connectivity index (χ2n) is 4.03. The van der Waals surface area contributed by atoms with Gasteiger partial charge in [-0.25, -0.2) is 0 Å². The van der Waals surface area contributed by atoms with Crippen LogP contribution in [0, 0.1) is 11.8 Å². The molecule has 0 atom stereocenters. The molecule has 0 radical (unpaired) electrons. The van der Waals surface area contributed by atoms with E-state index in [1.54, 1.807) is 0 Å². The molecule has 0 amide bonds. The van der Waals surface area contributed by atoms with E-state index in [4.69, 9.17) is 0 Å². The van der Waals surface area contributed by atoms with E-state index < -0.39 is 0 Å². The minimum Gasteiger partial charge on any atom is -0.160 e. The fourth-order valence-corrected chi connectivity index (χ4v) is 1.32. The lowest BCUT2D eigenvalue weighted by atomic mass is 10.3. The van der Waals surface area contributed by atoms with Crippen LogP contribution in [0.25, 0.3) is 0 Å². The third-order valence-electron chi connectivity index (χ3n) is 2.70. The van der Waals surface area contributed by atoms with Gasteiger partial charge in [0.2, 0.25) is 0 Å². The summed E-state index contributed by atoms with van der Waals surface area (Å²) in [7, 11) is 0. The van der Waals surface area contributed by atoms with Crippen LogP contribution in [0.1, 0.15) is 39.5 Å². The van der Waals surface area contributed by atoms with Crippen LogP contribution in [0.15, 0.2) is 10.2 Å². The Bertz CT molecular complexity index is 206. The van der Waals surface area contributed by atoms with Gasteiger partial charge in [0.05, 0.1) is 0 Å². The second-order valence-corrected chi connectivity index (χ2v) is 4.03. The summed E-state index contributed by atoms with van der Waals surface area (Å²) in [6, 6.07) is 0. The molecular weight excluding hydrogens is 148 g/mol. The highest BCUT2D eigenvalue weighted by Gasteiger charge is 2.26. The quantitative estimate of drug-likeness (QED) is 0.452. The molecule has 0 aromatic carbocycles. The average molecular weight is 164 g/mol. The number of hydrogen-bond acceptors (Lipinski definition) is 2. The lowest BCUT2D eigenvalue weighted by Gasteiger charge is -1.93. The van der Waals surface area contributed by atoms with Crippen molar-refractivity contribution in [3.63, 3.8) is 0 Å². The molecule has 12 heavy (non-hydrogen) atoms. The van der Waals surface area contributed by atoms with E-state index in [0.717, 1.165) is 11.8 Å². The van der Waals surface area contributed by atoms with E-state index in [1.165, 1.54) is 37.1 Å². The van der Waals surface area contributed by atoms with Gasteiger partial charge in [-0.1, -0.05) is 0 Å². The zero-order chi connectivity index (χ0) is 8.55. The van der Waals surface area contributed by atoms with Crippen molar-refractivity contribution in [2.24, 2.45) is 22.0 Å². The van der Waals surface area contributed by atoms with Crippen LogP contribution in [0.5, 0.6) is 0 Å². The maximum absolute atomic E-state index is 4.25. The van der Waals surface area contributed by atoms with Gasteiger partial charge in [0.15, 0.2) is 0 Å². The Balaban J connectivity index is 1.91. The second kappa shape index (κ2) is 3.00. The Hall–Kier alpha value is -0.660. The summed E-state index contributed by atoms with van der Waals surface area (Å²) in [5.74, 6) is 1.53. The first-order valence-electron chi connectivity index (χ1n) is 4.86. The molecule has 0 aromatic rings. The van der Waals surface area contributed by atoms with Gasteiger partial charge in [0.25, 0.3) is 0 Å². The number of rotatable bonds is 3. The molecule has 2 nitrogen and oxygen atoms in total. The summed E-state index contributed by atoms with van der Waals surface area (Å²) in [6.45, 7) is 4.20. The summed E-state index contributed by atoms with van der Waals surface area (Å²) in [4.78, 5) is 0. The fourth-order valence-electron chi connectivity index (χ4n) is 1.32. The largest absolute Gasteiger partial charge is 0.160 e. The van der Waals surface area contributed by atoms with E-state index in [-0.39, 0.29) is 0 Å². The molecule has 0 spiro atoms. The summed E-state index contributed by atoms with van der Waals surface area (Å²) in [5.41, 5.74) is 2.46. The first-order valence-corrected chi connectivity index (χ1v) is 4.86. The van der Waals surface area contributed by atoms with Crippen molar-refractivity contribution in [3.8, 4) is 0 Å². The maximum atomic E-state index is 4.25. The molecule has 2 aliphatic carbocycles. The summed E-state index contributed by atoms with van der Waals surface area (Å²) >= 11 is 0. The lowest BCUT2D eigenvalue weighted by Crippen LogP contribution is -1.95. The molecule has 66 valence electrons. The molecule has 2 rings (SSSR count). The standard InChI is InChI=1S/C10H16N2/c1-7(9-3-4-9)11-12-8(2)10-5-6-10/h9-10H,3-6H2,1-2H3/b11-7+,12-8+. The normalized spacial score (nSPS) is 26.2. The van der Waals surface area contributed by atoms with Gasteiger partial charge in [-0.2, -0.15) is 10.2 Å². The van der Waals surface area contributed by atoms with Crippen LogP contribution in [-0.4, -0.2) is 11.4 Å². The van der Waals surface area contributed by atoms with Gasteiger partial charge < -0.3 is 0 Å². The van der Waals surface area contributed by atoms with Crippen molar-refractivity contribution in [3.05, 3.63) is 0 Å². The van der Waals surface area contributed by atoms with Crippen molar-refractivity contribution in [2.45, 2.75) is 39.5 Å².